The zero-order valence-corrected chi connectivity index (χ0v) is 13.8. The average molecular weight is 315 g/mol. The molecule has 1 atom stereocenters. The number of hydrogen-bond donors (Lipinski definition) is 1. The highest BCUT2D eigenvalue weighted by atomic mass is 32.2. The molecule has 1 aliphatic rings. The second-order valence-electron chi connectivity index (χ2n) is 5.39. The molecule has 2 aromatic carbocycles. The first-order chi connectivity index (χ1) is 10.8. The van der Waals surface area contributed by atoms with Gasteiger partial charge in [-0.15, -0.1) is 11.8 Å². The van der Waals surface area contributed by atoms with E-state index in [4.69, 9.17) is 9.47 Å². The molecule has 1 N–H and O–H groups in total. The van der Waals surface area contributed by atoms with E-state index in [2.05, 4.69) is 41.9 Å². The maximum atomic E-state index is 5.90. The number of nitrogens with one attached hydrogen (secondary N) is 1. The van der Waals surface area contributed by atoms with Crippen LogP contribution in [0.1, 0.15) is 11.1 Å². The third-order valence-corrected chi connectivity index (χ3v) is 4.63. The molecule has 0 fully saturated rings. The number of rotatable bonds is 5. The number of thioether (sulfide) groups is 1. The minimum Gasteiger partial charge on any atom is -0.493 e. The first-order valence-corrected chi connectivity index (χ1v) is 8.67. The van der Waals surface area contributed by atoms with Crippen LogP contribution in [0.2, 0.25) is 0 Å². The van der Waals surface area contributed by atoms with E-state index in [1.807, 2.05) is 12.1 Å². The number of ether oxygens (including phenoxy) is 2. The summed E-state index contributed by atoms with van der Waals surface area (Å²) >= 11 is 1.77. The highest BCUT2D eigenvalue weighted by Gasteiger charge is 2.22. The Labute approximate surface area is 136 Å². The molecule has 0 saturated heterocycles. The molecule has 3 rings (SSSR count). The van der Waals surface area contributed by atoms with E-state index in [1.54, 1.807) is 18.9 Å². The monoisotopic (exact) mass is 315 g/mol. The first-order valence-electron chi connectivity index (χ1n) is 7.45. The van der Waals surface area contributed by atoms with Gasteiger partial charge in [-0.2, -0.15) is 0 Å². The molecule has 1 aliphatic heterocycles. The minimum absolute atomic E-state index is 0.331. The van der Waals surface area contributed by atoms with Crippen molar-refractivity contribution < 1.29 is 9.47 Å². The Morgan fingerprint density at radius 1 is 1.27 bits per heavy atom. The summed E-state index contributed by atoms with van der Waals surface area (Å²) in [6.07, 6.45) is 3.07. The third kappa shape index (κ3) is 3.39. The lowest BCUT2D eigenvalue weighted by Gasteiger charge is -2.27. The molecule has 2 aromatic rings. The van der Waals surface area contributed by atoms with E-state index >= 15 is 0 Å². The molecular formula is C18H21NO2S. The van der Waals surface area contributed by atoms with Gasteiger partial charge in [-0.1, -0.05) is 24.3 Å². The second-order valence-corrected chi connectivity index (χ2v) is 6.27. The standard InChI is InChI=1S/C18H21NO2S/c1-20-17-8-4-6-14-10-15(12-21-18(14)17)19-11-13-5-3-7-16(9-13)22-2/h3-9,15,19H,10-12H2,1-2H3/t15-/m1/s1. The van der Waals surface area contributed by atoms with Crippen molar-refractivity contribution in [2.75, 3.05) is 20.0 Å². The fourth-order valence-corrected chi connectivity index (χ4v) is 3.21. The summed E-state index contributed by atoms with van der Waals surface area (Å²) in [6.45, 7) is 1.54. The number of methoxy groups -OCH3 is 1. The van der Waals surface area contributed by atoms with Crippen LogP contribution >= 0.6 is 11.8 Å². The van der Waals surface area contributed by atoms with Crippen LogP contribution in [-0.4, -0.2) is 26.0 Å². The van der Waals surface area contributed by atoms with Crippen molar-refractivity contribution >= 4 is 11.8 Å². The Morgan fingerprint density at radius 3 is 2.95 bits per heavy atom. The van der Waals surface area contributed by atoms with E-state index < -0.39 is 0 Å². The van der Waals surface area contributed by atoms with Crippen molar-refractivity contribution in [1.29, 1.82) is 0 Å². The van der Waals surface area contributed by atoms with Crippen LogP contribution in [0.3, 0.4) is 0 Å². The van der Waals surface area contributed by atoms with Crippen LogP contribution in [-0.2, 0) is 13.0 Å². The van der Waals surface area contributed by atoms with Gasteiger partial charge < -0.3 is 14.8 Å². The number of benzene rings is 2. The molecule has 22 heavy (non-hydrogen) atoms. The van der Waals surface area contributed by atoms with E-state index in [-0.39, 0.29) is 0 Å². The zero-order valence-electron chi connectivity index (χ0n) is 13.0. The van der Waals surface area contributed by atoms with E-state index in [9.17, 15) is 0 Å². The van der Waals surface area contributed by atoms with Gasteiger partial charge in [-0.3, -0.25) is 0 Å². The van der Waals surface area contributed by atoms with Crippen LogP contribution in [0.15, 0.2) is 47.4 Å². The molecule has 0 spiro atoms. The highest BCUT2D eigenvalue weighted by Crippen LogP contribution is 2.34. The van der Waals surface area contributed by atoms with Gasteiger partial charge in [0.25, 0.3) is 0 Å². The molecule has 0 unspecified atom stereocenters. The Morgan fingerprint density at radius 2 is 2.14 bits per heavy atom. The molecule has 116 valence electrons. The van der Waals surface area contributed by atoms with Gasteiger partial charge in [0, 0.05) is 17.5 Å². The number of para-hydroxylation sites is 1. The van der Waals surface area contributed by atoms with Crippen LogP contribution in [0.25, 0.3) is 0 Å². The fraction of sp³-hybridized carbons (Fsp3) is 0.333. The lowest BCUT2D eigenvalue weighted by Crippen LogP contribution is -2.38. The smallest absolute Gasteiger partial charge is 0.164 e. The summed E-state index contributed by atoms with van der Waals surface area (Å²) in [4.78, 5) is 1.30. The molecule has 1 heterocycles. The van der Waals surface area contributed by atoms with Crippen molar-refractivity contribution in [2.24, 2.45) is 0 Å². The highest BCUT2D eigenvalue weighted by molar-refractivity contribution is 7.98. The number of hydrogen-bond acceptors (Lipinski definition) is 4. The van der Waals surface area contributed by atoms with Crippen LogP contribution in [0, 0.1) is 0 Å². The summed E-state index contributed by atoms with van der Waals surface area (Å²) in [5.74, 6) is 1.72. The van der Waals surface area contributed by atoms with Gasteiger partial charge >= 0.3 is 0 Å². The summed E-state index contributed by atoms with van der Waals surface area (Å²) in [6, 6.07) is 15.1. The molecular weight excluding hydrogens is 294 g/mol. The van der Waals surface area contributed by atoms with Crippen molar-refractivity contribution in [2.45, 2.75) is 23.9 Å². The summed E-state index contributed by atoms with van der Waals surface area (Å²) in [5, 5.41) is 3.59. The van der Waals surface area contributed by atoms with Gasteiger partial charge in [0.05, 0.1) is 7.11 Å². The zero-order chi connectivity index (χ0) is 15.4. The summed E-state index contributed by atoms with van der Waals surface area (Å²) in [7, 11) is 1.68. The summed E-state index contributed by atoms with van der Waals surface area (Å²) in [5.41, 5.74) is 2.52. The Hall–Kier alpha value is -1.65. The van der Waals surface area contributed by atoms with Gasteiger partial charge in [0.15, 0.2) is 11.5 Å². The molecule has 0 amide bonds. The summed E-state index contributed by atoms with van der Waals surface area (Å²) < 4.78 is 11.3. The maximum Gasteiger partial charge on any atom is 0.164 e. The Bertz CT molecular complexity index is 645. The first kappa shape index (κ1) is 15.3. The second kappa shape index (κ2) is 7.07. The van der Waals surface area contributed by atoms with Gasteiger partial charge in [0.1, 0.15) is 6.61 Å². The molecule has 0 aromatic heterocycles. The maximum absolute atomic E-state index is 5.90. The predicted octanol–water partition coefficient (Wildman–Crippen LogP) is 3.51. The van der Waals surface area contributed by atoms with Gasteiger partial charge in [0.2, 0.25) is 0 Å². The molecule has 0 aliphatic carbocycles. The molecule has 0 saturated carbocycles. The SMILES string of the molecule is COc1cccc2c1OC[C@H](NCc1cccc(SC)c1)C2. The third-order valence-electron chi connectivity index (χ3n) is 3.90. The van der Waals surface area contributed by atoms with Crippen LogP contribution < -0.4 is 14.8 Å². The largest absolute Gasteiger partial charge is 0.493 e. The Kier molecular flexibility index (Phi) is 4.90. The Balaban J connectivity index is 1.63. The quantitative estimate of drug-likeness (QED) is 0.855. The van der Waals surface area contributed by atoms with Gasteiger partial charge in [-0.05, 0) is 42.0 Å². The molecule has 0 radical (unpaired) electrons. The predicted molar refractivity (Wildman–Crippen MR) is 91.0 cm³/mol. The van der Waals surface area contributed by atoms with E-state index in [1.165, 1.54) is 16.0 Å². The molecule has 3 nitrogen and oxygen atoms in total. The van der Waals surface area contributed by atoms with Gasteiger partial charge in [-0.25, -0.2) is 0 Å². The molecule has 4 heteroatoms. The van der Waals surface area contributed by atoms with Crippen molar-refractivity contribution in [1.82, 2.24) is 5.32 Å². The van der Waals surface area contributed by atoms with Crippen molar-refractivity contribution in [3.63, 3.8) is 0 Å². The van der Waals surface area contributed by atoms with E-state index in [0.29, 0.717) is 12.6 Å². The normalized spacial score (nSPS) is 16.7. The minimum atomic E-state index is 0.331. The number of fused-ring (bicyclic) bond motifs is 1. The van der Waals surface area contributed by atoms with Crippen LogP contribution in [0.4, 0.5) is 0 Å². The van der Waals surface area contributed by atoms with E-state index in [0.717, 1.165) is 24.5 Å². The lowest BCUT2D eigenvalue weighted by atomic mass is 10.0. The van der Waals surface area contributed by atoms with Crippen molar-refractivity contribution in [3.8, 4) is 11.5 Å². The van der Waals surface area contributed by atoms with Crippen molar-refractivity contribution in [3.05, 3.63) is 53.6 Å². The van der Waals surface area contributed by atoms with Crippen LogP contribution in [0.5, 0.6) is 11.5 Å². The fourth-order valence-electron chi connectivity index (χ4n) is 2.73. The topological polar surface area (TPSA) is 30.5 Å². The average Bonchev–Trinajstić information content (AvgIpc) is 2.59. The molecule has 0 bridgehead atoms. The lowest BCUT2D eigenvalue weighted by molar-refractivity contribution is 0.226.